The van der Waals surface area contributed by atoms with Crippen molar-refractivity contribution in [1.82, 2.24) is 5.32 Å². The van der Waals surface area contributed by atoms with E-state index < -0.39 is 0 Å². The van der Waals surface area contributed by atoms with E-state index in [4.69, 9.17) is 5.11 Å². The Bertz CT molecular complexity index is 481. The zero-order valence-corrected chi connectivity index (χ0v) is 10.3. The lowest BCUT2D eigenvalue weighted by atomic mass is 10.1. The van der Waals surface area contributed by atoms with Gasteiger partial charge in [-0.1, -0.05) is 30.0 Å². The summed E-state index contributed by atoms with van der Waals surface area (Å²) in [5.41, 5.74) is 1.85. The second-order valence-electron chi connectivity index (χ2n) is 4.54. The van der Waals surface area contributed by atoms with Crippen LogP contribution in [-0.2, 0) is 11.3 Å². The average molecular weight is 243 g/mol. The van der Waals surface area contributed by atoms with Crippen LogP contribution in [0, 0.1) is 17.8 Å². The minimum Gasteiger partial charge on any atom is -0.384 e. The summed E-state index contributed by atoms with van der Waals surface area (Å²) in [5.74, 6) is 6.24. The highest BCUT2D eigenvalue weighted by molar-refractivity contribution is 5.76. The number of hydrogen-bond acceptors (Lipinski definition) is 2. The summed E-state index contributed by atoms with van der Waals surface area (Å²) in [6, 6.07) is 7.66. The Balaban J connectivity index is 1.92. The van der Waals surface area contributed by atoms with Crippen molar-refractivity contribution < 1.29 is 9.90 Å². The predicted molar refractivity (Wildman–Crippen MR) is 69.6 cm³/mol. The van der Waals surface area contributed by atoms with Crippen LogP contribution in [-0.4, -0.2) is 17.6 Å². The number of benzene rings is 1. The third kappa shape index (κ3) is 3.90. The monoisotopic (exact) mass is 243 g/mol. The van der Waals surface area contributed by atoms with Crippen molar-refractivity contribution >= 4 is 5.91 Å². The molecule has 0 spiro atoms. The summed E-state index contributed by atoms with van der Waals surface area (Å²) in [5, 5.41) is 11.6. The molecule has 0 saturated heterocycles. The van der Waals surface area contributed by atoms with Crippen LogP contribution in [0.5, 0.6) is 0 Å². The van der Waals surface area contributed by atoms with Gasteiger partial charge in [-0.05, 0) is 30.4 Å². The van der Waals surface area contributed by atoms with Gasteiger partial charge in [-0.2, -0.15) is 0 Å². The standard InChI is InChI=1S/C15H17NO2/c17-9-3-6-13-4-1-2-5-14(13)11-16-15(18)10-12-7-8-12/h1-2,4-5,12,17H,7-11H2,(H,16,18). The Morgan fingerprint density at radius 1 is 1.39 bits per heavy atom. The number of hydrogen-bond donors (Lipinski definition) is 2. The molecule has 1 saturated carbocycles. The van der Waals surface area contributed by atoms with Gasteiger partial charge in [0.2, 0.25) is 5.91 Å². The molecule has 3 heteroatoms. The quantitative estimate of drug-likeness (QED) is 0.786. The van der Waals surface area contributed by atoms with Crippen molar-refractivity contribution in [3.63, 3.8) is 0 Å². The number of nitrogens with one attached hydrogen (secondary N) is 1. The van der Waals surface area contributed by atoms with Gasteiger partial charge in [0, 0.05) is 18.5 Å². The average Bonchev–Trinajstić information content (AvgIpc) is 3.18. The molecule has 2 rings (SSSR count). The second-order valence-corrected chi connectivity index (χ2v) is 4.54. The Morgan fingerprint density at radius 3 is 2.89 bits per heavy atom. The fraction of sp³-hybridized carbons (Fsp3) is 0.400. The Hall–Kier alpha value is -1.79. The molecule has 2 N–H and O–H groups in total. The molecule has 0 radical (unpaired) electrons. The number of carbonyl (C=O) groups excluding carboxylic acids is 1. The van der Waals surface area contributed by atoms with Crippen LogP contribution in [0.2, 0.25) is 0 Å². The van der Waals surface area contributed by atoms with E-state index in [1.807, 2.05) is 24.3 Å². The minimum absolute atomic E-state index is 0.113. The normalized spacial score (nSPS) is 13.6. The summed E-state index contributed by atoms with van der Waals surface area (Å²) in [7, 11) is 0. The highest BCUT2D eigenvalue weighted by Gasteiger charge is 2.24. The molecule has 0 heterocycles. The molecule has 1 aromatic rings. The predicted octanol–water partition coefficient (Wildman–Crippen LogP) is 1.45. The molecule has 18 heavy (non-hydrogen) atoms. The lowest BCUT2D eigenvalue weighted by Gasteiger charge is -2.06. The highest BCUT2D eigenvalue weighted by Crippen LogP contribution is 2.32. The van der Waals surface area contributed by atoms with Gasteiger partial charge in [0.25, 0.3) is 0 Å². The zero-order valence-electron chi connectivity index (χ0n) is 10.3. The lowest BCUT2D eigenvalue weighted by Crippen LogP contribution is -2.23. The summed E-state index contributed by atoms with van der Waals surface area (Å²) in [4.78, 5) is 11.6. The first-order valence-electron chi connectivity index (χ1n) is 6.24. The van der Waals surface area contributed by atoms with E-state index in [1.165, 1.54) is 12.8 Å². The third-order valence-electron chi connectivity index (χ3n) is 2.97. The van der Waals surface area contributed by atoms with Gasteiger partial charge in [0.15, 0.2) is 0 Å². The van der Waals surface area contributed by atoms with Crippen LogP contribution in [0.1, 0.15) is 30.4 Å². The largest absolute Gasteiger partial charge is 0.384 e. The SMILES string of the molecule is O=C(CC1CC1)NCc1ccccc1C#CCO. The fourth-order valence-corrected chi connectivity index (χ4v) is 1.78. The Labute approximate surface area is 107 Å². The topological polar surface area (TPSA) is 49.3 Å². The van der Waals surface area contributed by atoms with Crippen molar-refractivity contribution in [1.29, 1.82) is 0 Å². The third-order valence-corrected chi connectivity index (χ3v) is 2.97. The van der Waals surface area contributed by atoms with E-state index >= 15 is 0 Å². The highest BCUT2D eigenvalue weighted by atomic mass is 16.2. The molecule has 0 atom stereocenters. The molecule has 0 aliphatic heterocycles. The summed E-state index contributed by atoms with van der Waals surface area (Å²) in [6.45, 7) is 0.351. The first kappa shape index (κ1) is 12.7. The number of rotatable bonds is 4. The molecule has 0 unspecified atom stereocenters. The van der Waals surface area contributed by atoms with E-state index in [0.29, 0.717) is 18.9 Å². The first-order valence-corrected chi connectivity index (χ1v) is 6.24. The van der Waals surface area contributed by atoms with Crippen molar-refractivity contribution in [3.8, 4) is 11.8 Å². The van der Waals surface area contributed by atoms with Gasteiger partial charge in [-0.15, -0.1) is 0 Å². The van der Waals surface area contributed by atoms with Crippen LogP contribution in [0.25, 0.3) is 0 Å². The van der Waals surface area contributed by atoms with E-state index in [0.717, 1.165) is 11.1 Å². The number of aliphatic hydroxyl groups is 1. The zero-order chi connectivity index (χ0) is 12.8. The van der Waals surface area contributed by atoms with Gasteiger partial charge >= 0.3 is 0 Å². The lowest BCUT2D eigenvalue weighted by molar-refractivity contribution is -0.121. The molecule has 1 aliphatic carbocycles. The van der Waals surface area contributed by atoms with Crippen LogP contribution in [0.15, 0.2) is 24.3 Å². The molecule has 1 aromatic carbocycles. The van der Waals surface area contributed by atoms with Gasteiger partial charge in [0.05, 0.1) is 0 Å². The van der Waals surface area contributed by atoms with E-state index in [2.05, 4.69) is 17.2 Å². The minimum atomic E-state index is -0.150. The maximum absolute atomic E-state index is 11.6. The van der Waals surface area contributed by atoms with Gasteiger partial charge in [-0.3, -0.25) is 4.79 Å². The van der Waals surface area contributed by atoms with Crippen LogP contribution in [0.3, 0.4) is 0 Å². The summed E-state index contributed by atoms with van der Waals surface area (Å²) in [6.07, 6.45) is 3.02. The molecule has 94 valence electrons. The first-order chi connectivity index (χ1) is 8.79. The van der Waals surface area contributed by atoms with Crippen molar-refractivity contribution in [2.24, 2.45) is 5.92 Å². The van der Waals surface area contributed by atoms with Crippen LogP contribution < -0.4 is 5.32 Å². The van der Waals surface area contributed by atoms with Gasteiger partial charge in [0.1, 0.15) is 6.61 Å². The number of carbonyl (C=O) groups is 1. The van der Waals surface area contributed by atoms with Gasteiger partial charge in [-0.25, -0.2) is 0 Å². The molecule has 0 aromatic heterocycles. The molecule has 1 fully saturated rings. The fourth-order valence-electron chi connectivity index (χ4n) is 1.78. The van der Waals surface area contributed by atoms with Crippen molar-refractivity contribution in [2.75, 3.05) is 6.61 Å². The van der Waals surface area contributed by atoms with E-state index in [-0.39, 0.29) is 12.5 Å². The molecule has 3 nitrogen and oxygen atoms in total. The molecule has 1 aliphatic rings. The second kappa shape index (κ2) is 6.23. The summed E-state index contributed by atoms with van der Waals surface area (Å²) >= 11 is 0. The van der Waals surface area contributed by atoms with Gasteiger partial charge < -0.3 is 10.4 Å². The molecular weight excluding hydrogens is 226 g/mol. The Morgan fingerprint density at radius 2 is 2.17 bits per heavy atom. The van der Waals surface area contributed by atoms with Crippen molar-refractivity contribution in [3.05, 3.63) is 35.4 Å². The summed E-state index contributed by atoms with van der Waals surface area (Å²) < 4.78 is 0. The Kier molecular flexibility index (Phi) is 4.38. The number of amides is 1. The van der Waals surface area contributed by atoms with Crippen LogP contribution in [0.4, 0.5) is 0 Å². The van der Waals surface area contributed by atoms with E-state index in [9.17, 15) is 4.79 Å². The maximum atomic E-state index is 11.6. The maximum Gasteiger partial charge on any atom is 0.220 e. The molecule has 0 bridgehead atoms. The van der Waals surface area contributed by atoms with E-state index in [1.54, 1.807) is 0 Å². The molecule has 1 amide bonds. The number of aliphatic hydroxyl groups excluding tert-OH is 1. The van der Waals surface area contributed by atoms with Crippen LogP contribution >= 0.6 is 0 Å². The smallest absolute Gasteiger partial charge is 0.220 e. The van der Waals surface area contributed by atoms with Crippen molar-refractivity contribution in [2.45, 2.75) is 25.8 Å². The molecular formula is C15H17NO2.